The van der Waals surface area contributed by atoms with E-state index in [4.69, 9.17) is 4.74 Å². The van der Waals surface area contributed by atoms with Crippen LogP contribution in [0.25, 0.3) is 5.57 Å². The number of ether oxygens (including phenoxy) is 2. The fourth-order valence-electron chi connectivity index (χ4n) is 2.93. The summed E-state index contributed by atoms with van der Waals surface area (Å²) in [5.74, 6) is -1.43. The Morgan fingerprint density at radius 2 is 1.93 bits per heavy atom. The number of thiophene rings is 1. The van der Waals surface area contributed by atoms with Crippen LogP contribution in [0.15, 0.2) is 47.5 Å². The van der Waals surface area contributed by atoms with Gasteiger partial charge in [0.25, 0.3) is 11.8 Å². The van der Waals surface area contributed by atoms with Gasteiger partial charge in [-0.15, -0.1) is 24.5 Å². The van der Waals surface area contributed by atoms with Crippen LogP contribution >= 0.6 is 11.3 Å². The zero-order valence-corrected chi connectivity index (χ0v) is 16.8. The van der Waals surface area contributed by atoms with E-state index in [0.717, 1.165) is 17.0 Å². The quantitative estimate of drug-likeness (QED) is 0.466. The summed E-state index contributed by atoms with van der Waals surface area (Å²) in [6.07, 6.45) is -4.36. The van der Waals surface area contributed by atoms with E-state index < -0.39 is 23.9 Å². The zero-order chi connectivity index (χ0) is 21.7. The van der Waals surface area contributed by atoms with Crippen LogP contribution in [-0.4, -0.2) is 42.8 Å². The predicted molar refractivity (Wildman–Crippen MR) is 106 cm³/mol. The lowest BCUT2D eigenvalue weighted by Crippen LogP contribution is -2.33. The third-order valence-corrected chi connectivity index (χ3v) is 5.03. The Bertz CT molecular complexity index is 942. The molecule has 160 valence electrons. The molecule has 2 aromatic rings. The Kier molecular flexibility index (Phi) is 6.78. The Balaban J connectivity index is 1.87. The molecule has 1 aliphatic rings. The summed E-state index contributed by atoms with van der Waals surface area (Å²) >= 11 is 1.29. The van der Waals surface area contributed by atoms with Gasteiger partial charge in [0, 0.05) is 36.4 Å². The molecule has 10 heteroatoms. The van der Waals surface area contributed by atoms with Crippen LogP contribution in [0.3, 0.4) is 0 Å². The van der Waals surface area contributed by atoms with E-state index in [1.54, 1.807) is 17.5 Å². The van der Waals surface area contributed by atoms with Gasteiger partial charge in [-0.25, -0.2) is 0 Å². The summed E-state index contributed by atoms with van der Waals surface area (Å²) in [5.41, 5.74) is 0.398. The number of hydrogen-bond acceptors (Lipinski definition) is 6. The number of anilines is 1. The molecule has 0 fully saturated rings. The molecule has 0 saturated heterocycles. The average Bonchev–Trinajstić information content (AvgIpc) is 3.26. The second-order valence-electron chi connectivity index (χ2n) is 6.24. The molecule has 2 amide bonds. The Labute approximate surface area is 174 Å². The summed E-state index contributed by atoms with van der Waals surface area (Å²) in [5, 5.41) is 4.58. The molecule has 0 aliphatic carbocycles. The second-order valence-corrected chi connectivity index (χ2v) is 7.19. The lowest BCUT2D eigenvalue weighted by molar-refractivity contribution is -0.274. The maximum Gasteiger partial charge on any atom is 0.573 e. The van der Waals surface area contributed by atoms with Gasteiger partial charge in [-0.05, 0) is 36.9 Å². The number of hydrogen-bond donors (Lipinski definition) is 1. The smallest absolute Gasteiger partial charge is 0.406 e. The van der Waals surface area contributed by atoms with Crippen LogP contribution in [0.2, 0.25) is 0 Å². The molecule has 2 heterocycles. The Morgan fingerprint density at radius 3 is 2.60 bits per heavy atom. The van der Waals surface area contributed by atoms with Gasteiger partial charge >= 0.3 is 6.36 Å². The van der Waals surface area contributed by atoms with Crippen LogP contribution in [0.1, 0.15) is 18.2 Å². The Hall–Kier alpha value is -2.85. The number of nitrogens with one attached hydrogen (secondary N) is 1. The van der Waals surface area contributed by atoms with Crippen LogP contribution in [-0.2, 0) is 14.3 Å². The summed E-state index contributed by atoms with van der Waals surface area (Å²) < 4.78 is 46.7. The Morgan fingerprint density at radius 1 is 1.13 bits per heavy atom. The molecule has 30 heavy (non-hydrogen) atoms. The van der Waals surface area contributed by atoms with Crippen LogP contribution in [0, 0.1) is 0 Å². The third kappa shape index (κ3) is 5.19. The van der Waals surface area contributed by atoms with Gasteiger partial charge in [-0.1, -0.05) is 12.1 Å². The molecule has 1 N–H and O–H groups in total. The fraction of sp³-hybridized carbons (Fsp3) is 0.300. The monoisotopic (exact) mass is 440 g/mol. The molecule has 0 radical (unpaired) electrons. The van der Waals surface area contributed by atoms with E-state index >= 15 is 0 Å². The number of halogens is 3. The number of alkyl halides is 3. The molecule has 1 aliphatic heterocycles. The first-order chi connectivity index (χ1) is 14.3. The van der Waals surface area contributed by atoms with Crippen molar-refractivity contribution in [3.8, 4) is 5.75 Å². The first-order valence-electron chi connectivity index (χ1n) is 9.15. The van der Waals surface area contributed by atoms with E-state index in [2.05, 4.69) is 10.1 Å². The minimum absolute atomic E-state index is 0.0167. The molecule has 0 bridgehead atoms. The third-order valence-electron chi connectivity index (χ3n) is 4.15. The van der Waals surface area contributed by atoms with Gasteiger partial charge in [0.05, 0.1) is 5.57 Å². The minimum Gasteiger partial charge on any atom is -0.406 e. The van der Waals surface area contributed by atoms with Gasteiger partial charge in [-0.2, -0.15) is 0 Å². The molecule has 1 aromatic heterocycles. The maximum atomic E-state index is 12.9. The van der Waals surface area contributed by atoms with Gasteiger partial charge in [-0.3, -0.25) is 14.5 Å². The molecule has 6 nitrogen and oxygen atoms in total. The van der Waals surface area contributed by atoms with Crippen molar-refractivity contribution < 1.29 is 32.2 Å². The largest absolute Gasteiger partial charge is 0.573 e. The topological polar surface area (TPSA) is 67.9 Å². The first-order valence-corrected chi connectivity index (χ1v) is 10.0. The molecular formula is C20H19F3N2O4S. The standard InChI is InChI=1S/C20H19F3N2O4S/c1-2-28-10-5-9-25-18(26)16(15-8-4-11-30-15)17(19(25)27)24-13-6-3-7-14(12-13)29-20(21,22)23/h3-4,6-8,11-12,24H,2,5,9-10H2,1H3. The van der Waals surface area contributed by atoms with E-state index in [9.17, 15) is 22.8 Å². The van der Waals surface area contributed by atoms with E-state index in [0.29, 0.717) is 24.5 Å². The molecule has 0 unspecified atom stereocenters. The highest BCUT2D eigenvalue weighted by Crippen LogP contribution is 2.34. The number of rotatable bonds is 9. The number of carbonyl (C=O) groups is 2. The van der Waals surface area contributed by atoms with Crippen molar-refractivity contribution in [2.75, 3.05) is 25.1 Å². The predicted octanol–water partition coefficient (Wildman–Crippen LogP) is 4.27. The summed E-state index contributed by atoms with van der Waals surface area (Å²) in [7, 11) is 0. The van der Waals surface area contributed by atoms with Gasteiger partial charge < -0.3 is 14.8 Å². The summed E-state index contributed by atoms with van der Waals surface area (Å²) in [6, 6.07) is 8.56. The lowest BCUT2D eigenvalue weighted by Gasteiger charge is -2.15. The van der Waals surface area contributed by atoms with Gasteiger partial charge in [0.1, 0.15) is 11.4 Å². The van der Waals surface area contributed by atoms with Gasteiger partial charge in [0.2, 0.25) is 0 Å². The van der Waals surface area contributed by atoms with E-state index in [-0.39, 0.29) is 23.5 Å². The van der Waals surface area contributed by atoms with Crippen LogP contribution in [0.4, 0.5) is 18.9 Å². The average molecular weight is 440 g/mol. The molecule has 0 spiro atoms. The normalized spacial score (nSPS) is 14.6. The SMILES string of the molecule is CCOCCCN1C(=O)C(Nc2cccc(OC(F)(F)F)c2)=C(c2cccs2)C1=O. The first kappa shape index (κ1) is 21.8. The lowest BCUT2D eigenvalue weighted by atomic mass is 10.2. The van der Waals surface area contributed by atoms with Crippen molar-refractivity contribution in [3.63, 3.8) is 0 Å². The van der Waals surface area contributed by atoms with Crippen LogP contribution < -0.4 is 10.1 Å². The molecule has 3 rings (SSSR count). The van der Waals surface area contributed by atoms with Gasteiger partial charge in [0.15, 0.2) is 0 Å². The van der Waals surface area contributed by atoms with Crippen molar-refractivity contribution in [2.24, 2.45) is 0 Å². The highest BCUT2D eigenvalue weighted by Gasteiger charge is 2.39. The number of carbonyl (C=O) groups excluding carboxylic acids is 2. The summed E-state index contributed by atoms with van der Waals surface area (Å²) in [6.45, 7) is 2.96. The number of imide groups is 1. The van der Waals surface area contributed by atoms with E-state index in [1.807, 2.05) is 6.92 Å². The minimum atomic E-state index is -4.84. The summed E-state index contributed by atoms with van der Waals surface area (Å²) in [4.78, 5) is 27.6. The van der Waals surface area contributed by atoms with E-state index in [1.165, 1.54) is 23.5 Å². The second kappa shape index (κ2) is 9.31. The zero-order valence-electron chi connectivity index (χ0n) is 16.0. The van der Waals surface area contributed by atoms with Crippen LogP contribution in [0.5, 0.6) is 5.75 Å². The highest BCUT2D eigenvalue weighted by atomic mass is 32.1. The number of amides is 2. The molecule has 1 aromatic carbocycles. The number of nitrogens with zero attached hydrogens (tertiary/aromatic N) is 1. The number of benzene rings is 1. The van der Waals surface area contributed by atoms with Crippen molar-refractivity contribution in [2.45, 2.75) is 19.7 Å². The maximum absolute atomic E-state index is 12.9. The van der Waals surface area contributed by atoms with Crippen molar-refractivity contribution in [3.05, 3.63) is 52.4 Å². The molecule has 0 saturated carbocycles. The highest BCUT2D eigenvalue weighted by molar-refractivity contribution is 7.11. The molecular weight excluding hydrogens is 421 g/mol. The van der Waals surface area contributed by atoms with Crippen molar-refractivity contribution >= 4 is 34.4 Å². The van der Waals surface area contributed by atoms with Crippen molar-refractivity contribution in [1.82, 2.24) is 4.90 Å². The fourth-order valence-corrected chi connectivity index (χ4v) is 3.70. The molecule has 0 atom stereocenters. The van der Waals surface area contributed by atoms with Crippen molar-refractivity contribution in [1.29, 1.82) is 0 Å².